The molecular formula is C14H9N3O3. The second kappa shape index (κ2) is 4.58. The Morgan fingerprint density at radius 2 is 2.00 bits per heavy atom. The Balaban J connectivity index is 2.19. The zero-order valence-electron chi connectivity index (χ0n) is 10.3. The molecular weight excluding hydrogens is 258 g/mol. The molecule has 20 heavy (non-hydrogen) atoms. The summed E-state index contributed by atoms with van der Waals surface area (Å²) < 4.78 is 1.74. The fraction of sp³-hybridized carbons (Fsp3) is 0. The van der Waals surface area contributed by atoms with E-state index in [-0.39, 0.29) is 5.69 Å². The normalized spacial score (nSPS) is 10.6. The first kappa shape index (κ1) is 12.0. The third-order valence-electron chi connectivity index (χ3n) is 3.06. The Morgan fingerprint density at radius 3 is 2.65 bits per heavy atom. The molecule has 98 valence electrons. The molecule has 0 amide bonds. The van der Waals surface area contributed by atoms with E-state index in [9.17, 15) is 14.9 Å². The SMILES string of the molecule is O=Cc1cn(-c2ccc([N+](=O)[O-])cn2)c2ccccc12. The van der Waals surface area contributed by atoms with E-state index in [2.05, 4.69) is 4.98 Å². The number of aromatic nitrogens is 2. The quantitative estimate of drug-likeness (QED) is 0.415. The number of benzene rings is 1. The third-order valence-corrected chi connectivity index (χ3v) is 3.06. The zero-order chi connectivity index (χ0) is 14.1. The molecule has 0 fully saturated rings. The van der Waals surface area contributed by atoms with Crippen LogP contribution in [0.15, 0.2) is 48.8 Å². The standard InChI is InChI=1S/C14H9N3O3/c18-9-10-8-16(13-4-2-1-3-12(10)13)14-6-5-11(7-15-14)17(19)20/h1-9H. The van der Waals surface area contributed by atoms with Crippen molar-refractivity contribution >= 4 is 22.9 Å². The van der Waals surface area contributed by atoms with Crippen molar-refractivity contribution in [2.45, 2.75) is 0 Å². The monoisotopic (exact) mass is 267 g/mol. The molecule has 6 heteroatoms. The van der Waals surface area contributed by atoms with E-state index in [1.54, 1.807) is 16.8 Å². The molecule has 0 radical (unpaired) electrons. The summed E-state index contributed by atoms with van der Waals surface area (Å²) in [6, 6.07) is 10.4. The molecule has 0 aliphatic carbocycles. The maximum atomic E-state index is 11.1. The summed E-state index contributed by atoms with van der Waals surface area (Å²) >= 11 is 0. The van der Waals surface area contributed by atoms with Crippen LogP contribution in [0.25, 0.3) is 16.7 Å². The molecule has 0 unspecified atom stereocenters. The molecule has 0 N–H and O–H groups in total. The summed E-state index contributed by atoms with van der Waals surface area (Å²) in [6.07, 6.45) is 3.65. The fourth-order valence-corrected chi connectivity index (χ4v) is 2.12. The summed E-state index contributed by atoms with van der Waals surface area (Å²) in [6.45, 7) is 0. The second-order valence-electron chi connectivity index (χ2n) is 4.22. The Hall–Kier alpha value is -3.02. The molecule has 1 aromatic carbocycles. The van der Waals surface area contributed by atoms with Crippen LogP contribution in [-0.4, -0.2) is 20.8 Å². The van der Waals surface area contributed by atoms with Crippen LogP contribution in [0.2, 0.25) is 0 Å². The topological polar surface area (TPSA) is 78.0 Å². The van der Waals surface area contributed by atoms with Crippen molar-refractivity contribution in [2.75, 3.05) is 0 Å². The van der Waals surface area contributed by atoms with Gasteiger partial charge in [0.15, 0.2) is 6.29 Å². The van der Waals surface area contributed by atoms with E-state index < -0.39 is 4.92 Å². The van der Waals surface area contributed by atoms with Gasteiger partial charge in [0.1, 0.15) is 12.0 Å². The second-order valence-corrected chi connectivity index (χ2v) is 4.22. The van der Waals surface area contributed by atoms with Crippen molar-refractivity contribution in [1.82, 2.24) is 9.55 Å². The molecule has 0 aliphatic rings. The van der Waals surface area contributed by atoms with Crippen LogP contribution in [0.1, 0.15) is 10.4 Å². The van der Waals surface area contributed by atoms with E-state index in [4.69, 9.17) is 0 Å². The molecule has 0 bridgehead atoms. The van der Waals surface area contributed by atoms with Crippen LogP contribution < -0.4 is 0 Å². The molecule has 3 rings (SSSR count). The smallest absolute Gasteiger partial charge is 0.287 e. The lowest BCUT2D eigenvalue weighted by Crippen LogP contribution is -1.97. The number of para-hydroxylation sites is 1. The van der Waals surface area contributed by atoms with E-state index in [1.807, 2.05) is 24.3 Å². The van der Waals surface area contributed by atoms with Crippen LogP contribution in [0.5, 0.6) is 0 Å². The van der Waals surface area contributed by atoms with Crippen molar-refractivity contribution in [3.8, 4) is 5.82 Å². The highest BCUT2D eigenvalue weighted by atomic mass is 16.6. The first-order valence-corrected chi connectivity index (χ1v) is 5.87. The number of nitro groups is 1. The average molecular weight is 267 g/mol. The van der Waals surface area contributed by atoms with Crippen LogP contribution >= 0.6 is 0 Å². The van der Waals surface area contributed by atoms with E-state index in [0.29, 0.717) is 11.4 Å². The lowest BCUT2D eigenvalue weighted by molar-refractivity contribution is -0.385. The minimum atomic E-state index is -0.499. The van der Waals surface area contributed by atoms with Gasteiger partial charge in [-0.25, -0.2) is 4.98 Å². The van der Waals surface area contributed by atoms with Gasteiger partial charge in [0.05, 0.1) is 10.4 Å². The predicted octanol–water partition coefficient (Wildman–Crippen LogP) is 2.75. The Bertz CT molecular complexity index is 806. The van der Waals surface area contributed by atoms with Crippen LogP contribution in [-0.2, 0) is 0 Å². The number of hydrogen-bond donors (Lipinski definition) is 0. The number of fused-ring (bicyclic) bond motifs is 1. The van der Waals surface area contributed by atoms with Crippen molar-refractivity contribution in [1.29, 1.82) is 0 Å². The number of pyridine rings is 1. The van der Waals surface area contributed by atoms with Gasteiger partial charge in [-0.15, -0.1) is 0 Å². The molecule has 2 heterocycles. The number of carbonyl (C=O) groups is 1. The van der Waals surface area contributed by atoms with Gasteiger partial charge in [-0.3, -0.25) is 14.9 Å². The highest BCUT2D eigenvalue weighted by molar-refractivity contribution is 5.98. The first-order chi connectivity index (χ1) is 9.70. The molecule has 0 spiro atoms. The Kier molecular flexibility index (Phi) is 2.76. The molecule has 2 aromatic heterocycles. The number of nitrogens with zero attached hydrogens (tertiary/aromatic N) is 3. The molecule has 0 atom stereocenters. The zero-order valence-corrected chi connectivity index (χ0v) is 10.3. The van der Waals surface area contributed by atoms with Crippen LogP contribution in [0.3, 0.4) is 0 Å². The van der Waals surface area contributed by atoms with Gasteiger partial charge in [0.2, 0.25) is 0 Å². The minimum Gasteiger partial charge on any atom is -0.300 e. The lowest BCUT2D eigenvalue weighted by atomic mass is 10.2. The number of carbonyl (C=O) groups excluding carboxylic acids is 1. The van der Waals surface area contributed by atoms with E-state index in [0.717, 1.165) is 17.2 Å². The fourth-order valence-electron chi connectivity index (χ4n) is 2.12. The minimum absolute atomic E-state index is 0.0687. The van der Waals surface area contributed by atoms with Gasteiger partial charge >= 0.3 is 0 Å². The van der Waals surface area contributed by atoms with Gasteiger partial charge in [0, 0.05) is 23.2 Å². The van der Waals surface area contributed by atoms with Crippen molar-refractivity contribution < 1.29 is 9.72 Å². The first-order valence-electron chi connectivity index (χ1n) is 5.87. The van der Waals surface area contributed by atoms with Gasteiger partial charge in [0.25, 0.3) is 5.69 Å². The van der Waals surface area contributed by atoms with Crippen molar-refractivity contribution in [3.05, 3.63) is 64.5 Å². The molecule has 0 saturated carbocycles. The predicted molar refractivity (Wildman–Crippen MR) is 73.1 cm³/mol. The molecule has 0 saturated heterocycles. The summed E-state index contributed by atoms with van der Waals surface area (Å²) in [7, 11) is 0. The summed E-state index contributed by atoms with van der Waals surface area (Å²) in [5.74, 6) is 0.528. The third kappa shape index (κ3) is 1.83. The van der Waals surface area contributed by atoms with Gasteiger partial charge < -0.3 is 4.57 Å². The molecule has 0 aliphatic heterocycles. The number of rotatable bonds is 3. The number of hydrogen-bond acceptors (Lipinski definition) is 4. The average Bonchev–Trinajstić information content (AvgIpc) is 2.86. The highest BCUT2D eigenvalue weighted by Crippen LogP contribution is 2.23. The van der Waals surface area contributed by atoms with Gasteiger partial charge in [-0.2, -0.15) is 0 Å². The maximum absolute atomic E-state index is 11.1. The van der Waals surface area contributed by atoms with Crippen LogP contribution in [0.4, 0.5) is 5.69 Å². The highest BCUT2D eigenvalue weighted by Gasteiger charge is 2.11. The van der Waals surface area contributed by atoms with E-state index in [1.165, 1.54) is 12.3 Å². The number of aldehydes is 1. The largest absolute Gasteiger partial charge is 0.300 e. The van der Waals surface area contributed by atoms with Gasteiger partial charge in [-0.1, -0.05) is 18.2 Å². The van der Waals surface area contributed by atoms with Crippen LogP contribution in [0, 0.1) is 10.1 Å². The Morgan fingerprint density at radius 1 is 1.20 bits per heavy atom. The Labute approximate surface area is 113 Å². The molecule has 3 aromatic rings. The summed E-state index contributed by atoms with van der Waals surface area (Å²) in [4.78, 5) is 25.3. The lowest BCUT2D eigenvalue weighted by Gasteiger charge is -2.03. The summed E-state index contributed by atoms with van der Waals surface area (Å²) in [5, 5.41) is 11.4. The molecule has 6 nitrogen and oxygen atoms in total. The van der Waals surface area contributed by atoms with Gasteiger partial charge in [-0.05, 0) is 12.1 Å². The van der Waals surface area contributed by atoms with Crippen molar-refractivity contribution in [3.63, 3.8) is 0 Å². The maximum Gasteiger partial charge on any atom is 0.287 e. The van der Waals surface area contributed by atoms with E-state index >= 15 is 0 Å². The van der Waals surface area contributed by atoms with Crippen molar-refractivity contribution in [2.24, 2.45) is 0 Å². The summed E-state index contributed by atoms with van der Waals surface area (Å²) in [5.41, 5.74) is 1.32.